The van der Waals surface area contributed by atoms with Gasteiger partial charge in [0, 0.05) is 0 Å². The highest BCUT2D eigenvalue weighted by Crippen LogP contribution is 2.27. The Labute approximate surface area is 121 Å². The summed E-state index contributed by atoms with van der Waals surface area (Å²) >= 11 is 0. The Morgan fingerprint density at radius 3 is 2.50 bits per heavy atom. The Kier molecular flexibility index (Phi) is 7.26. The molecule has 0 N–H and O–H groups in total. The molecule has 20 heavy (non-hydrogen) atoms. The Bertz CT molecular complexity index is 391. The summed E-state index contributed by atoms with van der Waals surface area (Å²) < 4.78 is 15.7. The number of hydrogen-bond acceptors (Lipinski definition) is 4. The largest absolute Gasteiger partial charge is 0.469 e. The Balaban J connectivity index is 2.17. The summed E-state index contributed by atoms with van der Waals surface area (Å²) in [6, 6.07) is 9.93. The molecule has 1 unspecified atom stereocenters. The highest BCUT2D eigenvalue weighted by molar-refractivity contribution is 5.76. The van der Waals surface area contributed by atoms with Gasteiger partial charge in [0.05, 0.1) is 25.7 Å². The van der Waals surface area contributed by atoms with E-state index < -0.39 is 5.41 Å². The lowest BCUT2D eigenvalue weighted by molar-refractivity contribution is -0.154. The van der Waals surface area contributed by atoms with Gasteiger partial charge < -0.3 is 14.2 Å². The monoisotopic (exact) mass is 280 g/mol. The van der Waals surface area contributed by atoms with E-state index in [0.717, 1.165) is 12.0 Å². The van der Waals surface area contributed by atoms with Crippen LogP contribution in [0.4, 0.5) is 0 Å². The molecule has 0 spiro atoms. The zero-order valence-corrected chi connectivity index (χ0v) is 12.6. The Morgan fingerprint density at radius 1 is 1.20 bits per heavy atom. The summed E-state index contributed by atoms with van der Waals surface area (Å²) in [7, 11) is 1.42. The van der Waals surface area contributed by atoms with Crippen LogP contribution in [0.1, 0.15) is 32.3 Å². The van der Waals surface area contributed by atoms with E-state index in [1.54, 1.807) is 0 Å². The topological polar surface area (TPSA) is 44.8 Å². The number of hydrogen-bond donors (Lipinski definition) is 0. The smallest absolute Gasteiger partial charge is 0.311 e. The molecule has 0 aliphatic heterocycles. The van der Waals surface area contributed by atoms with Crippen molar-refractivity contribution in [2.45, 2.75) is 33.3 Å². The first-order valence-electron chi connectivity index (χ1n) is 6.90. The van der Waals surface area contributed by atoms with Crippen LogP contribution in [0.15, 0.2) is 30.3 Å². The first-order valence-corrected chi connectivity index (χ1v) is 6.90. The lowest BCUT2D eigenvalue weighted by atomic mass is 9.84. The van der Waals surface area contributed by atoms with Crippen LogP contribution in [0, 0.1) is 5.41 Å². The van der Waals surface area contributed by atoms with Crippen molar-refractivity contribution < 1.29 is 19.0 Å². The van der Waals surface area contributed by atoms with Crippen LogP contribution in [0.25, 0.3) is 0 Å². The molecular formula is C16H24O4. The maximum atomic E-state index is 11.7. The normalized spacial score (nSPS) is 13.8. The summed E-state index contributed by atoms with van der Waals surface area (Å²) in [5, 5.41) is 0. The number of esters is 1. The highest BCUT2D eigenvalue weighted by Gasteiger charge is 2.31. The molecule has 4 heteroatoms. The van der Waals surface area contributed by atoms with E-state index in [9.17, 15) is 4.79 Å². The summed E-state index contributed by atoms with van der Waals surface area (Å²) in [4.78, 5) is 11.7. The summed E-state index contributed by atoms with van der Waals surface area (Å²) in [6.45, 7) is 5.11. The minimum Gasteiger partial charge on any atom is -0.469 e. The second kappa shape index (κ2) is 8.72. The third-order valence-electron chi connectivity index (χ3n) is 3.53. The van der Waals surface area contributed by atoms with Crippen molar-refractivity contribution in [1.82, 2.24) is 0 Å². The van der Waals surface area contributed by atoms with Gasteiger partial charge in [0.1, 0.15) is 6.79 Å². The summed E-state index contributed by atoms with van der Waals surface area (Å²) in [5.41, 5.74) is 0.637. The van der Waals surface area contributed by atoms with Crippen LogP contribution in [0.3, 0.4) is 0 Å². The maximum Gasteiger partial charge on any atom is 0.311 e. The molecule has 0 heterocycles. The number of carbonyl (C=O) groups excluding carboxylic acids is 1. The third kappa shape index (κ3) is 5.31. The molecule has 0 saturated heterocycles. The Morgan fingerprint density at radius 2 is 1.90 bits per heavy atom. The van der Waals surface area contributed by atoms with Crippen LogP contribution < -0.4 is 0 Å². The Hall–Kier alpha value is -1.39. The highest BCUT2D eigenvalue weighted by atomic mass is 16.7. The second-order valence-corrected chi connectivity index (χ2v) is 5.02. The van der Waals surface area contributed by atoms with E-state index in [1.807, 2.05) is 44.2 Å². The molecule has 0 radical (unpaired) electrons. The SMILES string of the molecule is CCC(C)(CCOCOCc1ccccc1)C(=O)OC. The van der Waals surface area contributed by atoms with Crippen molar-refractivity contribution in [3.63, 3.8) is 0 Å². The molecule has 112 valence electrons. The quantitative estimate of drug-likeness (QED) is 0.396. The van der Waals surface area contributed by atoms with Gasteiger partial charge in [-0.2, -0.15) is 0 Å². The van der Waals surface area contributed by atoms with Crippen molar-refractivity contribution in [2.24, 2.45) is 5.41 Å². The van der Waals surface area contributed by atoms with E-state index in [2.05, 4.69) is 0 Å². The molecule has 4 nitrogen and oxygen atoms in total. The molecule has 0 amide bonds. The fraction of sp³-hybridized carbons (Fsp3) is 0.562. The molecule has 0 aliphatic carbocycles. The predicted octanol–water partition coefficient (Wildman–Crippen LogP) is 3.16. The summed E-state index contributed by atoms with van der Waals surface area (Å²) in [6.07, 6.45) is 1.36. The fourth-order valence-corrected chi connectivity index (χ4v) is 1.82. The van der Waals surface area contributed by atoms with Crippen molar-refractivity contribution in [1.29, 1.82) is 0 Å². The van der Waals surface area contributed by atoms with E-state index in [1.165, 1.54) is 7.11 Å². The number of benzene rings is 1. The van der Waals surface area contributed by atoms with Gasteiger partial charge in [-0.15, -0.1) is 0 Å². The van der Waals surface area contributed by atoms with E-state index >= 15 is 0 Å². The first kappa shape index (κ1) is 16.7. The van der Waals surface area contributed by atoms with Gasteiger partial charge in [-0.1, -0.05) is 37.3 Å². The molecule has 1 atom stereocenters. The molecule has 1 aromatic carbocycles. The minimum atomic E-state index is -0.478. The van der Waals surface area contributed by atoms with Crippen molar-refractivity contribution in [3.8, 4) is 0 Å². The van der Waals surface area contributed by atoms with Crippen LogP contribution in [0.2, 0.25) is 0 Å². The zero-order valence-electron chi connectivity index (χ0n) is 12.6. The van der Waals surface area contributed by atoms with Crippen molar-refractivity contribution in [2.75, 3.05) is 20.5 Å². The van der Waals surface area contributed by atoms with Gasteiger partial charge in [0.2, 0.25) is 0 Å². The second-order valence-electron chi connectivity index (χ2n) is 5.02. The number of carbonyl (C=O) groups is 1. The van der Waals surface area contributed by atoms with Gasteiger partial charge in [-0.05, 0) is 25.3 Å². The first-order chi connectivity index (χ1) is 9.62. The number of methoxy groups -OCH3 is 1. The predicted molar refractivity (Wildman–Crippen MR) is 77.1 cm³/mol. The average Bonchev–Trinajstić information content (AvgIpc) is 2.50. The van der Waals surface area contributed by atoms with Crippen LogP contribution in [-0.4, -0.2) is 26.5 Å². The fourth-order valence-electron chi connectivity index (χ4n) is 1.82. The van der Waals surface area contributed by atoms with Gasteiger partial charge >= 0.3 is 5.97 Å². The summed E-state index contributed by atoms with van der Waals surface area (Å²) in [5.74, 6) is -0.186. The van der Waals surface area contributed by atoms with Crippen molar-refractivity contribution in [3.05, 3.63) is 35.9 Å². The molecule has 0 fully saturated rings. The lowest BCUT2D eigenvalue weighted by Crippen LogP contribution is -2.30. The minimum absolute atomic E-state index is 0.186. The van der Waals surface area contributed by atoms with Crippen LogP contribution in [-0.2, 0) is 25.6 Å². The van der Waals surface area contributed by atoms with Gasteiger partial charge in [-0.3, -0.25) is 4.79 Å². The molecule has 0 aromatic heterocycles. The molecule has 0 saturated carbocycles. The van der Waals surface area contributed by atoms with Gasteiger partial charge in [-0.25, -0.2) is 0 Å². The lowest BCUT2D eigenvalue weighted by Gasteiger charge is -2.24. The molecule has 0 aliphatic rings. The van der Waals surface area contributed by atoms with Gasteiger partial charge in [0.25, 0.3) is 0 Å². The molecule has 1 aromatic rings. The third-order valence-corrected chi connectivity index (χ3v) is 3.53. The van der Waals surface area contributed by atoms with E-state index in [0.29, 0.717) is 19.6 Å². The van der Waals surface area contributed by atoms with Crippen LogP contribution >= 0.6 is 0 Å². The molecular weight excluding hydrogens is 256 g/mol. The average molecular weight is 280 g/mol. The van der Waals surface area contributed by atoms with Crippen molar-refractivity contribution >= 4 is 5.97 Å². The standard InChI is InChI=1S/C16H24O4/c1-4-16(2,15(17)18-3)10-11-19-13-20-12-14-8-6-5-7-9-14/h5-9H,4,10-13H2,1-3H3. The zero-order chi connectivity index (χ0) is 14.8. The van der Waals surface area contributed by atoms with E-state index in [-0.39, 0.29) is 12.8 Å². The maximum absolute atomic E-state index is 11.7. The number of rotatable bonds is 9. The van der Waals surface area contributed by atoms with Gasteiger partial charge in [0.15, 0.2) is 0 Å². The number of ether oxygens (including phenoxy) is 3. The van der Waals surface area contributed by atoms with Crippen LogP contribution in [0.5, 0.6) is 0 Å². The molecule has 1 rings (SSSR count). The van der Waals surface area contributed by atoms with E-state index in [4.69, 9.17) is 14.2 Å². The molecule has 0 bridgehead atoms.